The molecule has 3 heteroatoms. The molecule has 0 saturated heterocycles. The summed E-state index contributed by atoms with van der Waals surface area (Å²) in [5, 5.41) is 3.64. The van der Waals surface area contributed by atoms with E-state index in [1.54, 1.807) is 6.26 Å². The van der Waals surface area contributed by atoms with E-state index < -0.39 is 0 Å². The van der Waals surface area contributed by atoms with Crippen LogP contribution in [0.1, 0.15) is 63.7 Å². The van der Waals surface area contributed by atoms with Gasteiger partial charge in [0.05, 0.1) is 17.9 Å². The molecule has 19 heavy (non-hydrogen) atoms. The van der Waals surface area contributed by atoms with Crippen molar-refractivity contribution in [2.75, 3.05) is 13.7 Å². The van der Waals surface area contributed by atoms with Crippen LogP contribution in [0, 0.1) is 0 Å². The third-order valence-electron chi connectivity index (χ3n) is 4.31. The number of methoxy groups -OCH3 is 1. The molecule has 1 atom stereocenters. The largest absolute Gasteiger partial charge is 0.468 e. The molecule has 2 rings (SSSR count). The predicted molar refractivity (Wildman–Crippen MR) is 77.2 cm³/mol. The minimum atomic E-state index is -0.108. The topological polar surface area (TPSA) is 34.4 Å². The molecular formula is C16H27NO2. The molecule has 108 valence electrons. The zero-order valence-corrected chi connectivity index (χ0v) is 12.3. The smallest absolute Gasteiger partial charge is 0.123 e. The van der Waals surface area contributed by atoms with Crippen molar-refractivity contribution in [2.45, 2.75) is 63.5 Å². The van der Waals surface area contributed by atoms with Crippen LogP contribution >= 0.6 is 0 Å². The Balaban J connectivity index is 2.22. The van der Waals surface area contributed by atoms with Crippen molar-refractivity contribution >= 4 is 0 Å². The molecule has 1 aliphatic carbocycles. The molecule has 0 aliphatic heterocycles. The molecule has 1 aliphatic rings. The number of nitrogens with one attached hydrogen (secondary N) is 1. The van der Waals surface area contributed by atoms with Gasteiger partial charge in [0.1, 0.15) is 5.76 Å². The molecule has 0 radical (unpaired) electrons. The van der Waals surface area contributed by atoms with Gasteiger partial charge in [-0.05, 0) is 37.9 Å². The fourth-order valence-electron chi connectivity index (χ4n) is 3.23. The van der Waals surface area contributed by atoms with Gasteiger partial charge >= 0.3 is 0 Å². The van der Waals surface area contributed by atoms with Crippen LogP contribution < -0.4 is 5.32 Å². The van der Waals surface area contributed by atoms with E-state index in [9.17, 15) is 0 Å². The molecule has 1 unspecified atom stereocenters. The van der Waals surface area contributed by atoms with Gasteiger partial charge in [-0.25, -0.2) is 0 Å². The average Bonchev–Trinajstić information content (AvgIpc) is 2.85. The summed E-state index contributed by atoms with van der Waals surface area (Å²) < 4.78 is 11.7. The zero-order chi connectivity index (χ0) is 13.6. The van der Waals surface area contributed by atoms with Crippen LogP contribution in [-0.2, 0) is 4.74 Å². The summed E-state index contributed by atoms with van der Waals surface area (Å²) in [6.07, 6.45) is 10.3. The van der Waals surface area contributed by atoms with Crippen molar-refractivity contribution in [2.24, 2.45) is 0 Å². The van der Waals surface area contributed by atoms with Crippen LogP contribution in [0.25, 0.3) is 0 Å². The SMILES string of the molecule is CCCNC(c1ccco1)C1(OC)CCCCCC1. The third-order valence-corrected chi connectivity index (χ3v) is 4.31. The molecule has 1 aromatic rings. The van der Waals surface area contributed by atoms with Gasteiger partial charge < -0.3 is 14.5 Å². The van der Waals surface area contributed by atoms with Crippen LogP contribution in [0.15, 0.2) is 22.8 Å². The van der Waals surface area contributed by atoms with Crippen molar-refractivity contribution in [3.05, 3.63) is 24.2 Å². The van der Waals surface area contributed by atoms with Gasteiger partial charge in [-0.2, -0.15) is 0 Å². The quantitative estimate of drug-likeness (QED) is 0.788. The monoisotopic (exact) mass is 265 g/mol. The van der Waals surface area contributed by atoms with Crippen LogP contribution in [0.2, 0.25) is 0 Å². The van der Waals surface area contributed by atoms with Gasteiger partial charge in [0.15, 0.2) is 0 Å². The van der Waals surface area contributed by atoms with E-state index in [0.717, 1.165) is 31.6 Å². The molecule has 1 heterocycles. The van der Waals surface area contributed by atoms with Crippen molar-refractivity contribution in [1.29, 1.82) is 0 Å². The molecule has 0 aromatic carbocycles. The maximum atomic E-state index is 6.02. The number of hydrogen-bond acceptors (Lipinski definition) is 3. The fourth-order valence-corrected chi connectivity index (χ4v) is 3.23. The van der Waals surface area contributed by atoms with Gasteiger partial charge in [0, 0.05) is 7.11 Å². The first-order valence-electron chi connectivity index (χ1n) is 7.64. The Labute approximate surface area is 116 Å². The van der Waals surface area contributed by atoms with Crippen LogP contribution in [0.4, 0.5) is 0 Å². The highest BCUT2D eigenvalue weighted by Crippen LogP contribution is 2.40. The number of rotatable bonds is 6. The fraction of sp³-hybridized carbons (Fsp3) is 0.750. The second-order valence-electron chi connectivity index (χ2n) is 5.59. The molecule has 0 amide bonds. The highest BCUT2D eigenvalue weighted by Gasteiger charge is 2.41. The number of furan rings is 1. The van der Waals surface area contributed by atoms with E-state index in [1.165, 1.54) is 25.7 Å². The van der Waals surface area contributed by atoms with E-state index in [0.29, 0.717) is 0 Å². The summed E-state index contributed by atoms with van der Waals surface area (Å²) in [7, 11) is 1.86. The van der Waals surface area contributed by atoms with Crippen LogP contribution in [-0.4, -0.2) is 19.3 Å². The molecular weight excluding hydrogens is 238 g/mol. The summed E-state index contributed by atoms with van der Waals surface area (Å²) in [6.45, 7) is 3.19. The van der Waals surface area contributed by atoms with Crippen molar-refractivity contribution in [3.63, 3.8) is 0 Å². The third kappa shape index (κ3) is 3.40. The molecule has 0 bridgehead atoms. The minimum absolute atomic E-state index is 0.108. The zero-order valence-electron chi connectivity index (χ0n) is 12.3. The molecule has 1 fully saturated rings. The van der Waals surface area contributed by atoms with Gasteiger partial charge in [-0.1, -0.05) is 32.6 Å². The van der Waals surface area contributed by atoms with E-state index >= 15 is 0 Å². The second-order valence-corrected chi connectivity index (χ2v) is 5.59. The Morgan fingerprint density at radius 2 is 2.05 bits per heavy atom. The highest BCUT2D eigenvalue weighted by atomic mass is 16.5. The van der Waals surface area contributed by atoms with Gasteiger partial charge in [0.2, 0.25) is 0 Å². The second kappa shape index (κ2) is 7.11. The summed E-state index contributed by atoms with van der Waals surface area (Å²) in [4.78, 5) is 0. The van der Waals surface area contributed by atoms with Crippen molar-refractivity contribution < 1.29 is 9.15 Å². The first-order valence-corrected chi connectivity index (χ1v) is 7.64. The summed E-state index contributed by atoms with van der Waals surface area (Å²) >= 11 is 0. The lowest BCUT2D eigenvalue weighted by atomic mass is 9.84. The van der Waals surface area contributed by atoms with Gasteiger partial charge in [0.25, 0.3) is 0 Å². The van der Waals surface area contributed by atoms with Crippen LogP contribution in [0.3, 0.4) is 0 Å². The first kappa shape index (κ1) is 14.6. The van der Waals surface area contributed by atoms with Gasteiger partial charge in [-0.3, -0.25) is 0 Å². The average molecular weight is 265 g/mol. The molecule has 1 aromatic heterocycles. The first-order chi connectivity index (χ1) is 9.32. The lowest BCUT2D eigenvalue weighted by molar-refractivity contribution is -0.0589. The van der Waals surface area contributed by atoms with E-state index in [2.05, 4.69) is 18.3 Å². The van der Waals surface area contributed by atoms with E-state index in [1.807, 2.05) is 13.2 Å². The maximum absolute atomic E-state index is 6.02. The predicted octanol–water partition coefficient (Wildman–Crippen LogP) is 4.06. The highest BCUT2D eigenvalue weighted by molar-refractivity contribution is 5.11. The Morgan fingerprint density at radius 3 is 2.58 bits per heavy atom. The van der Waals surface area contributed by atoms with E-state index in [-0.39, 0.29) is 11.6 Å². The molecule has 0 spiro atoms. The number of ether oxygens (including phenoxy) is 1. The number of hydrogen-bond donors (Lipinski definition) is 1. The Kier molecular flexibility index (Phi) is 5.46. The lowest BCUT2D eigenvalue weighted by Gasteiger charge is -2.38. The van der Waals surface area contributed by atoms with Gasteiger partial charge in [-0.15, -0.1) is 0 Å². The maximum Gasteiger partial charge on any atom is 0.123 e. The Hall–Kier alpha value is -0.800. The van der Waals surface area contributed by atoms with Crippen molar-refractivity contribution in [3.8, 4) is 0 Å². The summed E-state index contributed by atoms with van der Waals surface area (Å²) in [5.74, 6) is 1.01. The van der Waals surface area contributed by atoms with Crippen molar-refractivity contribution in [1.82, 2.24) is 5.32 Å². The Morgan fingerprint density at radius 1 is 1.32 bits per heavy atom. The molecule has 1 saturated carbocycles. The lowest BCUT2D eigenvalue weighted by Crippen LogP contribution is -2.45. The molecule has 1 N–H and O–H groups in total. The summed E-state index contributed by atoms with van der Waals surface area (Å²) in [6, 6.07) is 4.21. The minimum Gasteiger partial charge on any atom is -0.468 e. The van der Waals surface area contributed by atoms with Crippen LogP contribution in [0.5, 0.6) is 0 Å². The normalized spacial score (nSPS) is 20.9. The standard InChI is InChI=1S/C16H27NO2/c1-3-12-17-15(14-9-8-13-19-14)16(18-2)10-6-4-5-7-11-16/h8-9,13,15,17H,3-7,10-12H2,1-2H3. The Bertz CT molecular complexity index is 340. The summed E-state index contributed by atoms with van der Waals surface area (Å²) in [5.41, 5.74) is -0.108. The molecule has 3 nitrogen and oxygen atoms in total. The van der Waals surface area contributed by atoms with E-state index in [4.69, 9.17) is 9.15 Å².